The SMILES string of the molecule is CCOC1=C2CN(S(=O)(=O)c3ccc(C)cc3)[C@H](c3cccc(C)c3)C[C@@H]2N(S(=O)(=O)c2ccc(C)cc2)[C@H](c2ccccc2)C1. The van der Waals surface area contributed by atoms with Crippen LogP contribution in [0.5, 0.6) is 0 Å². The molecule has 6 rings (SSSR count). The van der Waals surface area contributed by atoms with Crippen molar-refractivity contribution in [2.24, 2.45) is 0 Å². The molecule has 1 saturated heterocycles. The fourth-order valence-corrected chi connectivity index (χ4v) is 10.1. The van der Waals surface area contributed by atoms with Crippen LogP contribution in [0.15, 0.2) is 124 Å². The smallest absolute Gasteiger partial charge is 0.244 e. The second-order valence-corrected chi connectivity index (χ2v) is 15.9. The molecule has 2 aliphatic heterocycles. The minimum absolute atomic E-state index is 0.0102. The van der Waals surface area contributed by atoms with Gasteiger partial charge < -0.3 is 4.74 Å². The third-order valence-electron chi connectivity index (χ3n) is 9.03. The minimum atomic E-state index is -4.03. The molecule has 2 aliphatic rings. The van der Waals surface area contributed by atoms with E-state index in [0.29, 0.717) is 24.4 Å². The zero-order valence-corrected chi connectivity index (χ0v) is 28.3. The lowest BCUT2D eigenvalue weighted by atomic mass is 9.84. The minimum Gasteiger partial charge on any atom is -0.498 e. The molecule has 0 aliphatic carbocycles. The number of benzene rings is 4. The van der Waals surface area contributed by atoms with Gasteiger partial charge in [0.25, 0.3) is 0 Å². The van der Waals surface area contributed by atoms with Crippen LogP contribution in [-0.4, -0.2) is 44.6 Å². The van der Waals surface area contributed by atoms with Gasteiger partial charge >= 0.3 is 0 Å². The molecule has 9 heteroatoms. The van der Waals surface area contributed by atoms with Gasteiger partial charge in [-0.25, -0.2) is 16.8 Å². The highest BCUT2D eigenvalue weighted by molar-refractivity contribution is 7.89. The maximum Gasteiger partial charge on any atom is 0.244 e. The van der Waals surface area contributed by atoms with Gasteiger partial charge in [0.2, 0.25) is 20.0 Å². The van der Waals surface area contributed by atoms with Crippen molar-refractivity contribution in [1.82, 2.24) is 8.61 Å². The molecule has 4 aromatic carbocycles. The molecule has 240 valence electrons. The Bertz CT molecular complexity index is 1960. The summed E-state index contributed by atoms with van der Waals surface area (Å²) in [6.45, 7) is 8.11. The number of fused-ring (bicyclic) bond motifs is 1. The van der Waals surface area contributed by atoms with Crippen molar-refractivity contribution in [2.45, 2.75) is 68.5 Å². The van der Waals surface area contributed by atoms with Crippen LogP contribution >= 0.6 is 0 Å². The lowest BCUT2D eigenvalue weighted by Gasteiger charge is -2.49. The summed E-state index contributed by atoms with van der Waals surface area (Å²) in [5, 5.41) is 0. The van der Waals surface area contributed by atoms with Crippen LogP contribution in [0.25, 0.3) is 0 Å². The number of piperidine rings is 1. The first-order valence-electron chi connectivity index (χ1n) is 15.7. The van der Waals surface area contributed by atoms with E-state index in [1.807, 2.05) is 94.4 Å². The van der Waals surface area contributed by atoms with Crippen molar-refractivity contribution in [2.75, 3.05) is 13.2 Å². The summed E-state index contributed by atoms with van der Waals surface area (Å²) in [4.78, 5) is 0.412. The number of rotatable bonds is 8. The van der Waals surface area contributed by atoms with E-state index in [9.17, 15) is 16.8 Å². The normalized spacial score (nSPS) is 21.2. The van der Waals surface area contributed by atoms with Gasteiger partial charge in [-0.3, -0.25) is 0 Å². The van der Waals surface area contributed by atoms with Crippen molar-refractivity contribution < 1.29 is 21.6 Å². The standard InChI is InChI=1S/C37H40N2O5S2/c1-5-44-37-24-35(29-11-7-6-8-12-29)39(46(42,43)32-20-16-27(3)17-21-32)36-23-34(30-13-9-10-28(4)22-30)38(25-33(36)37)45(40,41)31-18-14-26(2)15-19-31/h6-22,34-36H,5,23-25H2,1-4H3/t34-,35-,36-/m0/s1. The Kier molecular flexibility index (Phi) is 8.95. The molecule has 7 nitrogen and oxygen atoms in total. The number of aryl methyl sites for hydroxylation is 3. The van der Waals surface area contributed by atoms with E-state index < -0.39 is 38.2 Å². The molecule has 0 unspecified atom stereocenters. The number of ether oxygens (including phenoxy) is 1. The molecular weight excluding hydrogens is 617 g/mol. The van der Waals surface area contributed by atoms with Crippen molar-refractivity contribution in [3.8, 4) is 0 Å². The average Bonchev–Trinajstić information content (AvgIpc) is 3.05. The highest BCUT2D eigenvalue weighted by atomic mass is 32.2. The van der Waals surface area contributed by atoms with Gasteiger partial charge in [-0.15, -0.1) is 0 Å². The topological polar surface area (TPSA) is 84.0 Å². The highest BCUT2D eigenvalue weighted by Crippen LogP contribution is 2.49. The third-order valence-corrected chi connectivity index (χ3v) is 12.8. The molecule has 1 fully saturated rings. The molecule has 0 N–H and O–H groups in total. The quantitative estimate of drug-likeness (QED) is 0.200. The highest BCUT2D eigenvalue weighted by Gasteiger charge is 2.51. The maximum absolute atomic E-state index is 14.8. The third kappa shape index (κ3) is 6.05. The van der Waals surface area contributed by atoms with Crippen molar-refractivity contribution in [3.05, 3.63) is 142 Å². The average molecular weight is 657 g/mol. The summed E-state index contributed by atoms with van der Waals surface area (Å²) < 4.78 is 67.9. The van der Waals surface area contributed by atoms with Gasteiger partial charge in [-0.1, -0.05) is 95.6 Å². The van der Waals surface area contributed by atoms with Crippen LogP contribution in [-0.2, 0) is 24.8 Å². The zero-order valence-electron chi connectivity index (χ0n) is 26.6. The van der Waals surface area contributed by atoms with E-state index in [-0.39, 0.29) is 22.8 Å². The summed E-state index contributed by atoms with van der Waals surface area (Å²) in [6, 6.07) is 29.5. The van der Waals surface area contributed by atoms with E-state index >= 15 is 0 Å². The van der Waals surface area contributed by atoms with E-state index in [0.717, 1.165) is 27.8 Å². The van der Waals surface area contributed by atoms with Crippen LogP contribution in [0.4, 0.5) is 0 Å². The van der Waals surface area contributed by atoms with E-state index in [1.54, 1.807) is 40.7 Å². The van der Waals surface area contributed by atoms with Crippen molar-refractivity contribution in [1.29, 1.82) is 0 Å². The first-order chi connectivity index (χ1) is 22.0. The molecule has 3 atom stereocenters. The van der Waals surface area contributed by atoms with Crippen LogP contribution < -0.4 is 0 Å². The molecule has 0 radical (unpaired) electrons. The molecule has 0 amide bonds. The summed E-state index contributed by atoms with van der Waals surface area (Å²) in [5.74, 6) is 0.656. The van der Waals surface area contributed by atoms with Gasteiger partial charge in [0.1, 0.15) is 0 Å². The molecule has 0 saturated carbocycles. The van der Waals surface area contributed by atoms with Gasteiger partial charge in [0.15, 0.2) is 0 Å². The van der Waals surface area contributed by atoms with Crippen molar-refractivity contribution >= 4 is 20.0 Å². The number of nitrogens with zero attached hydrogens (tertiary/aromatic N) is 2. The summed E-state index contributed by atoms with van der Waals surface area (Å²) in [7, 11) is -8.01. The van der Waals surface area contributed by atoms with Crippen LogP contribution in [0.3, 0.4) is 0 Å². The lowest BCUT2D eigenvalue weighted by Crippen LogP contribution is -2.54. The Morgan fingerprint density at radius 2 is 1.24 bits per heavy atom. The second kappa shape index (κ2) is 12.8. The molecule has 4 aromatic rings. The predicted molar refractivity (Wildman–Crippen MR) is 180 cm³/mol. The Morgan fingerprint density at radius 3 is 1.83 bits per heavy atom. The largest absolute Gasteiger partial charge is 0.498 e. The Hall–Kier alpha value is -3.76. The van der Waals surface area contributed by atoms with E-state index in [1.165, 1.54) is 4.31 Å². The fourth-order valence-electron chi connectivity index (χ4n) is 6.71. The van der Waals surface area contributed by atoms with Crippen LogP contribution in [0.2, 0.25) is 0 Å². The van der Waals surface area contributed by atoms with Crippen molar-refractivity contribution in [3.63, 3.8) is 0 Å². The Balaban J connectivity index is 1.57. The summed E-state index contributed by atoms with van der Waals surface area (Å²) in [6.07, 6.45) is 0.525. The summed E-state index contributed by atoms with van der Waals surface area (Å²) in [5.41, 5.74) is 5.29. The first kappa shape index (κ1) is 32.2. The molecule has 46 heavy (non-hydrogen) atoms. The lowest BCUT2D eigenvalue weighted by molar-refractivity contribution is 0.118. The monoisotopic (exact) mass is 656 g/mol. The molecule has 0 spiro atoms. The summed E-state index contributed by atoms with van der Waals surface area (Å²) >= 11 is 0. The zero-order chi connectivity index (χ0) is 32.6. The number of hydrogen-bond donors (Lipinski definition) is 0. The number of hydrogen-bond acceptors (Lipinski definition) is 5. The first-order valence-corrected chi connectivity index (χ1v) is 18.5. The molecule has 0 aromatic heterocycles. The van der Waals surface area contributed by atoms with Crippen LogP contribution in [0.1, 0.15) is 59.7 Å². The predicted octanol–water partition coefficient (Wildman–Crippen LogP) is 7.24. The Morgan fingerprint density at radius 1 is 0.652 bits per heavy atom. The van der Waals surface area contributed by atoms with E-state index in [4.69, 9.17) is 4.74 Å². The van der Waals surface area contributed by atoms with Gasteiger partial charge in [-0.2, -0.15) is 8.61 Å². The molecule has 0 bridgehead atoms. The van der Waals surface area contributed by atoms with Gasteiger partial charge in [0.05, 0.1) is 40.3 Å². The number of sulfonamides is 2. The molecular formula is C37H40N2O5S2. The van der Waals surface area contributed by atoms with Gasteiger partial charge in [-0.05, 0) is 69.5 Å². The van der Waals surface area contributed by atoms with Gasteiger partial charge in [0, 0.05) is 18.5 Å². The Labute approximate surface area is 273 Å². The molecule has 2 heterocycles. The van der Waals surface area contributed by atoms with Crippen LogP contribution in [0, 0.1) is 20.8 Å². The fraction of sp³-hybridized carbons (Fsp3) is 0.297. The maximum atomic E-state index is 14.8. The second-order valence-electron chi connectivity index (χ2n) is 12.2. The van der Waals surface area contributed by atoms with E-state index in [2.05, 4.69) is 0 Å².